The molecule has 2 aromatic rings. The van der Waals surface area contributed by atoms with Crippen molar-refractivity contribution < 1.29 is 13.9 Å². The first-order valence-electron chi connectivity index (χ1n) is 7.37. The van der Waals surface area contributed by atoms with Crippen molar-refractivity contribution >= 4 is 11.8 Å². The maximum Gasteiger partial charge on any atom is 0.320 e. The second kappa shape index (κ2) is 7.13. The van der Waals surface area contributed by atoms with Crippen molar-refractivity contribution in [3.8, 4) is 5.75 Å². The van der Waals surface area contributed by atoms with Gasteiger partial charge < -0.3 is 10.1 Å². The van der Waals surface area contributed by atoms with Crippen LogP contribution in [0.2, 0.25) is 0 Å². The van der Waals surface area contributed by atoms with Gasteiger partial charge in [-0.2, -0.15) is 5.10 Å². The lowest BCUT2D eigenvalue weighted by atomic mass is 10.1. The monoisotopic (exact) mass is 320 g/mol. The summed E-state index contributed by atoms with van der Waals surface area (Å²) in [6.07, 6.45) is 1.61. The Kier molecular flexibility index (Phi) is 5.20. The summed E-state index contributed by atoms with van der Waals surface area (Å²) < 4.78 is 20.9. The van der Waals surface area contributed by atoms with Crippen molar-refractivity contribution in [3.05, 3.63) is 41.8 Å². The molecule has 2 amide bonds. The van der Waals surface area contributed by atoms with Crippen molar-refractivity contribution in [2.75, 3.05) is 12.4 Å². The van der Waals surface area contributed by atoms with Gasteiger partial charge in [0.15, 0.2) is 0 Å². The smallest absolute Gasteiger partial charge is 0.320 e. The molecule has 0 aliphatic rings. The number of aromatic nitrogens is 2. The molecule has 0 saturated heterocycles. The van der Waals surface area contributed by atoms with Crippen LogP contribution in [0, 0.1) is 5.82 Å². The van der Waals surface area contributed by atoms with E-state index in [1.165, 1.54) is 13.2 Å². The van der Waals surface area contributed by atoms with Gasteiger partial charge in [-0.1, -0.05) is 6.07 Å². The van der Waals surface area contributed by atoms with Crippen LogP contribution in [0.3, 0.4) is 0 Å². The molecular formula is C16H21FN4O2. The topological polar surface area (TPSA) is 68.2 Å². The standard InChI is InChI=1S/C16H21FN4O2/c1-10(2)21-14(8-9-18-21)20-16(22)19-11(3)15-12(17)6-5-7-13(15)23-4/h5-11H,1-4H3,(H2,19,20,22)/t11-/m0/s1. The number of methoxy groups -OCH3 is 1. The number of nitrogens with zero attached hydrogens (tertiary/aromatic N) is 2. The number of amides is 2. The number of benzene rings is 1. The Morgan fingerprint density at radius 3 is 2.70 bits per heavy atom. The van der Waals surface area contributed by atoms with Crippen molar-refractivity contribution in [2.24, 2.45) is 0 Å². The zero-order valence-electron chi connectivity index (χ0n) is 13.6. The van der Waals surface area contributed by atoms with Crippen molar-refractivity contribution in [1.82, 2.24) is 15.1 Å². The summed E-state index contributed by atoms with van der Waals surface area (Å²) >= 11 is 0. The van der Waals surface area contributed by atoms with Gasteiger partial charge in [-0.3, -0.25) is 5.32 Å². The summed E-state index contributed by atoms with van der Waals surface area (Å²) in [7, 11) is 1.46. The molecule has 6 nitrogen and oxygen atoms in total. The van der Waals surface area contributed by atoms with E-state index in [-0.39, 0.29) is 6.04 Å². The van der Waals surface area contributed by atoms with E-state index in [2.05, 4.69) is 15.7 Å². The summed E-state index contributed by atoms with van der Waals surface area (Å²) in [5, 5.41) is 9.56. The highest BCUT2D eigenvalue weighted by atomic mass is 19.1. The Labute approximate surface area is 134 Å². The minimum atomic E-state index is -0.554. The van der Waals surface area contributed by atoms with E-state index in [0.717, 1.165) is 0 Å². The van der Waals surface area contributed by atoms with E-state index < -0.39 is 17.9 Å². The van der Waals surface area contributed by atoms with Crippen LogP contribution in [0.5, 0.6) is 5.75 Å². The summed E-state index contributed by atoms with van der Waals surface area (Å²) in [5.41, 5.74) is 0.308. The van der Waals surface area contributed by atoms with Gasteiger partial charge in [-0.05, 0) is 32.9 Å². The van der Waals surface area contributed by atoms with Gasteiger partial charge in [0.2, 0.25) is 0 Å². The van der Waals surface area contributed by atoms with E-state index >= 15 is 0 Å². The van der Waals surface area contributed by atoms with Gasteiger partial charge >= 0.3 is 6.03 Å². The molecule has 2 rings (SSSR count). The quantitative estimate of drug-likeness (QED) is 0.886. The molecule has 1 aromatic carbocycles. The van der Waals surface area contributed by atoms with Crippen molar-refractivity contribution in [1.29, 1.82) is 0 Å². The molecule has 0 saturated carbocycles. The van der Waals surface area contributed by atoms with Crippen molar-refractivity contribution in [2.45, 2.75) is 32.9 Å². The fourth-order valence-corrected chi connectivity index (χ4v) is 2.36. The first-order chi connectivity index (χ1) is 10.9. The molecule has 0 aliphatic heterocycles. The van der Waals surface area contributed by atoms with Crippen molar-refractivity contribution in [3.63, 3.8) is 0 Å². The van der Waals surface area contributed by atoms with Crippen LogP contribution < -0.4 is 15.4 Å². The Bertz CT molecular complexity index is 684. The Morgan fingerprint density at radius 2 is 2.04 bits per heavy atom. The van der Waals surface area contributed by atoms with Gasteiger partial charge in [0.05, 0.1) is 24.9 Å². The average Bonchev–Trinajstić information content (AvgIpc) is 2.94. The highest BCUT2D eigenvalue weighted by molar-refractivity contribution is 5.88. The predicted octanol–water partition coefficient (Wildman–Crippen LogP) is 3.49. The maximum absolute atomic E-state index is 14.0. The molecule has 1 heterocycles. The van der Waals surface area contributed by atoms with Crippen LogP contribution in [0.25, 0.3) is 0 Å². The molecule has 1 aromatic heterocycles. The maximum atomic E-state index is 14.0. The number of urea groups is 1. The molecule has 0 bridgehead atoms. The van der Waals surface area contributed by atoms with Crippen LogP contribution in [-0.4, -0.2) is 22.9 Å². The summed E-state index contributed by atoms with van der Waals surface area (Å²) in [4.78, 5) is 12.2. The number of carbonyl (C=O) groups is 1. The zero-order valence-corrected chi connectivity index (χ0v) is 13.6. The molecule has 124 valence electrons. The number of hydrogen-bond donors (Lipinski definition) is 2. The minimum Gasteiger partial charge on any atom is -0.496 e. The minimum absolute atomic E-state index is 0.115. The van der Waals surface area contributed by atoms with Crippen LogP contribution in [0.4, 0.5) is 15.0 Å². The summed E-state index contributed by atoms with van der Waals surface area (Å²) in [5.74, 6) is 0.541. The van der Waals surface area contributed by atoms with E-state index in [9.17, 15) is 9.18 Å². The third-order valence-corrected chi connectivity index (χ3v) is 3.41. The van der Waals surface area contributed by atoms with Gasteiger partial charge in [-0.15, -0.1) is 0 Å². The second-order valence-corrected chi connectivity index (χ2v) is 5.43. The predicted molar refractivity (Wildman–Crippen MR) is 86.1 cm³/mol. The largest absolute Gasteiger partial charge is 0.496 e. The Balaban J connectivity index is 2.10. The molecule has 0 aliphatic carbocycles. The number of nitrogens with one attached hydrogen (secondary N) is 2. The summed E-state index contributed by atoms with van der Waals surface area (Å²) in [6, 6.07) is 5.38. The lowest BCUT2D eigenvalue weighted by molar-refractivity contribution is 0.248. The fraction of sp³-hybridized carbons (Fsp3) is 0.375. The number of anilines is 1. The molecule has 23 heavy (non-hydrogen) atoms. The molecule has 0 unspecified atom stereocenters. The van der Waals surface area contributed by atoms with E-state index in [4.69, 9.17) is 4.74 Å². The number of ether oxygens (including phenoxy) is 1. The lowest BCUT2D eigenvalue weighted by Crippen LogP contribution is -2.32. The Morgan fingerprint density at radius 1 is 1.30 bits per heavy atom. The number of carbonyl (C=O) groups excluding carboxylic acids is 1. The summed E-state index contributed by atoms with van der Waals surface area (Å²) in [6.45, 7) is 5.62. The first-order valence-corrected chi connectivity index (χ1v) is 7.37. The van der Waals surface area contributed by atoms with Crippen LogP contribution >= 0.6 is 0 Å². The van der Waals surface area contributed by atoms with Crippen LogP contribution in [-0.2, 0) is 0 Å². The highest BCUT2D eigenvalue weighted by Gasteiger charge is 2.19. The molecule has 1 atom stereocenters. The molecule has 7 heteroatoms. The van der Waals surface area contributed by atoms with Gasteiger partial charge in [-0.25, -0.2) is 13.9 Å². The van der Waals surface area contributed by atoms with Crippen LogP contribution in [0.1, 0.15) is 38.4 Å². The van der Waals surface area contributed by atoms with E-state index in [1.54, 1.807) is 36.0 Å². The zero-order chi connectivity index (χ0) is 17.0. The fourth-order valence-electron chi connectivity index (χ4n) is 2.36. The number of rotatable bonds is 5. The van der Waals surface area contributed by atoms with E-state index in [0.29, 0.717) is 17.1 Å². The number of hydrogen-bond acceptors (Lipinski definition) is 3. The van der Waals surface area contributed by atoms with Crippen LogP contribution in [0.15, 0.2) is 30.5 Å². The SMILES string of the molecule is COc1cccc(F)c1[C@H](C)NC(=O)Nc1ccnn1C(C)C. The molecule has 2 N–H and O–H groups in total. The average molecular weight is 320 g/mol. The van der Waals surface area contributed by atoms with Gasteiger partial charge in [0, 0.05) is 12.1 Å². The van der Waals surface area contributed by atoms with E-state index in [1.807, 2.05) is 13.8 Å². The highest BCUT2D eigenvalue weighted by Crippen LogP contribution is 2.27. The van der Waals surface area contributed by atoms with Gasteiger partial charge in [0.1, 0.15) is 17.4 Å². The lowest BCUT2D eigenvalue weighted by Gasteiger charge is -2.19. The second-order valence-electron chi connectivity index (χ2n) is 5.43. The third kappa shape index (κ3) is 3.80. The molecular weight excluding hydrogens is 299 g/mol. The molecule has 0 spiro atoms. The molecule has 0 radical (unpaired) electrons. The number of halogens is 1. The Hall–Kier alpha value is -2.57. The first kappa shape index (κ1) is 16.8. The third-order valence-electron chi connectivity index (χ3n) is 3.41. The molecule has 0 fully saturated rings. The van der Waals surface area contributed by atoms with Gasteiger partial charge in [0.25, 0.3) is 0 Å². The normalized spacial score (nSPS) is 12.1.